The first-order chi connectivity index (χ1) is 16.3. The van der Waals surface area contributed by atoms with Crippen LogP contribution in [0.15, 0.2) is 48.5 Å². The molecule has 0 bridgehead atoms. The van der Waals surface area contributed by atoms with Crippen molar-refractivity contribution in [3.8, 4) is 0 Å². The Labute approximate surface area is 200 Å². The summed E-state index contributed by atoms with van der Waals surface area (Å²) in [6, 6.07) is 13.6. The van der Waals surface area contributed by atoms with Crippen molar-refractivity contribution in [3.05, 3.63) is 76.2 Å². The molecule has 3 aromatic rings. The standard InChI is InChI=1S/C23H23ClFN7O2/c1-12-5-3-6-14(9-12)31-20-15(11-26-31)21(33)29-23(28-20)32-18(10-13(2)30-32)27-22(34)19-16(24)7-4-8-17(19)25/h3-10,15,20,23,26,28H,11H2,1-2H3,(H,27,34)(H,29,33). The number of carbonyl (C=O) groups excluding carboxylic acids is 2. The van der Waals surface area contributed by atoms with Gasteiger partial charge in [0.05, 0.1) is 27.9 Å². The van der Waals surface area contributed by atoms with Gasteiger partial charge in [-0.3, -0.25) is 19.9 Å². The molecule has 2 aliphatic heterocycles. The summed E-state index contributed by atoms with van der Waals surface area (Å²) in [4.78, 5) is 25.8. The van der Waals surface area contributed by atoms with E-state index in [4.69, 9.17) is 11.6 Å². The summed E-state index contributed by atoms with van der Waals surface area (Å²) in [5.74, 6) is -1.65. The predicted octanol–water partition coefficient (Wildman–Crippen LogP) is 2.69. The van der Waals surface area contributed by atoms with Crippen LogP contribution < -0.4 is 26.4 Å². The summed E-state index contributed by atoms with van der Waals surface area (Å²) in [6.45, 7) is 4.23. The predicted molar refractivity (Wildman–Crippen MR) is 126 cm³/mol. The van der Waals surface area contributed by atoms with Crippen LogP contribution in [0, 0.1) is 25.6 Å². The second-order valence-electron chi connectivity index (χ2n) is 8.37. The molecule has 11 heteroatoms. The van der Waals surface area contributed by atoms with Crippen molar-refractivity contribution in [2.24, 2.45) is 5.92 Å². The van der Waals surface area contributed by atoms with E-state index in [0.717, 1.165) is 11.3 Å². The minimum Gasteiger partial charge on any atom is -0.321 e. The summed E-state index contributed by atoms with van der Waals surface area (Å²) in [5, 5.41) is 15.3. The number of rotatable bonds is 4. The van der Waals surface area contributed by atoms with Crippen molar-refractivity contribution in [1.29, 1.82) is 0 Å². The first-order valence-electron chi connectivity index (χ1n) is 10.8. The smallest absolute Gasteiger partial charge is 0.261 e. The van der Waals surface area contributed by atoms with E-state index in [0.29, 0.717) is 12.2 Å². The molecule has 9 nitrogen and oxygen atoms in total. The number of amides is 2. The normalized spacial score (nSPS) is 21.8. The monoisotopic (exact) mass is 483 g/mol. The van der Waals surface area contributed by atoms with Gasteiger partial charge in [0, 0.05) is 12.6 Å². The number of hydrogen-bond donors (Lipinski definition) is 4. The average molecular weight is 484 g/mol. The van der Waals surface area contributed by atoms with Crippen LogP contribution in [0.5, 0.6) is 0 Å². The van der Waals surface area contributed by atoms with Crippen LogP contribution in [-0.4, -0.2) is 34.3 Å². The quantitative estimate of drug-likeness (QED) is 0.455. The van der Waals surface area contributed by atoms with Crippen LogP contribution in [0.1, 0.15) is 27.9 Å². The van der Waals surface area contributed by atoms with Crippen LogP contribution in [0.25, 0.3) is 0 Å². The highest BCUT2D eigenvalue weighted by Crippen LogP contribution is 2.29. The van der Waals surface area contributed by atoms with E-state index < -0.39 is 18.0 Å². The third-order valence-corrected chi connectivity index (χ3v) is 6.21. The number of anilines is 2. The molecule has 2 aromatic carbocycles. The zero-order valence-corrected chi connectivity index (χ0v) is 19.2. The molecule has 2 saturated heterocycles. The number of aryl methyl sites for hydroxylation is 2. The molecule has 176 valence electrons. The van der Waals surface area contributed by atoms with E-state index in [2.05, 4.69) is 26.5 Å². The second kappa shape index (κ2) is 8.71. The lowest BCUT2D eigenvalue weighted by Crippen LogP contribution is -2.61. The number of hydrogen-bond acceptors (Lipinski definition) is 6. The van der Waals surface area contributed by atoms with Crippen LogP contribution >= 0.6 is 11.6 Å². The van der Waals surface area contributed by atoms with Gasteiger partial charge in [-0.2, -0.15) is 5.10 Å². The Hall–Kier alpha value is -3.47. The summed E-state index contributed by atoms with van der Waals surface area (Å²) in [6.07, 6.45) is -1.10. The summed E-state index contributed by atoms with van der Waals surface area (Å²) < 4.78 is 15.7. The number of halogens is 2. The van der Waals surface area contributed by atoms with Gasteiger partial charge in [-0.25, -0.2) is 14.5 Å². The molecule has 0 spiro atoms. The molecular weight excluding hydrogens is 461 g/mol. The fraction of sp³-hybridized carbons (Fsp3) is 0.261. The lowest BCUT2D eigenvalue weighted by atomic mass is 10.0. The van der Waals surface area contributed by atoms with Gasteiger partial charge >= 0.3 is 0 Å². The Morgan fingerprint density at radius 2 is 2.00 bits per heavy atom. The number of hydrazine groups is 1. The molecule has 0 radical (unpaired) electrons. The molecular formula is C23H23ClFN7O2. The van der Waals surface area contributed by atoms with Gasteiger partial charge < -0.3 is 10.6 Å². The number of aromatic nitrogens is 2. The third kappa shape index (κ3) is 4.00. The highest BCUT2D eigenvalue weighted by molar-refractivity contribution is 6.34. The molecule has 0 saturated carbocycles. The Morgan fingerprint density at radius 1 is 1.21 bits per heavy atom. The topological polar surface area (TPSA) is 103 Å². The first kappa shape index (κ1) is 22.3. The zero-order valence-electron chi connectivity index (χ0n) is 18.5. The molecule has 34 heavy (non-hydrogen) atoms. The maximum atomic E-state index is 14.2. The molecule has 3 unspecified atom stereocenters. The molecule has 1 aromatic heterocycles. The Kier molecular flexibility index (Phi) is 5.72. The lowest BCUT2D eigenvalue weighted by Gasteiger charge is -2.37. The number of carbonyl (C=O) groups is 2. The lowest BCUT2D eigenvalue weighted by molar-refractivity contribution is -0.129. The van der Waals surface area contributed by atoms with E-state index in [1.807, 2.05) is 36.2 Å². The molecule has 4 N–H and O–H groups in total. The first-order valence-corrected chi connectivity index (χ1v) is 11.2. The Bertz CT molecular complexity index is 1260. The third-order valence-electron chi connectivity index (χ3n) is 5.90. The maximum Gasteiger partial charge on any atom is 0.261 e. The van der Waals surface area contributed by atoms with Crippen LogP contribution in [0.2, 0.25) is 5.02 Å². The minimum absolute atomic E-state index is 0.00181. The van der Waals surface area contributed by atoms with E-state index >= 15 is 0 Å². The van der Waals surface area contributed by atoms with Crippen LogP contribution in [0.4, 0.5) is 15.9 Å². The summed E-state index contributed by atoms with van der Waals surface area (Å²) in [5.41, 5.74) is 5.65. The Morgan fingerprint density at radius 3 is 2.76 bits per heavy atom. The van der Waals surface area contributed by atoms with Gasteiger partial charge in [0.1, 0.15) is 17.8 Å². The molecule has 3 heterocycles. The highest BCUT2D eigenvalue weighted by atomic mass is 35.5. The number of fused-ring (bicyclic) bond motifs is 1. The van der Waals surface area contributed by atoms with Crippen molar-refractivity contribution in [3.63, 3.8) is 0 Å². The van der Waals surface area contributed by atoms with Crippen molar-refractivity contribution >= 4 is 34.9 Å². The van der Waals surface area contributed by atoms with Crippen LogP contribution in [-0.2, 0) is 4.79 Å². The molecule has 5 rings (SSSR count). The second-order valence-corrected chi connectivity index (χ2v) is 8.77. The Balaban J connectivity index is 1.42. The van der Waals surface area contributed by atoms with Crippen LogP contribution in [0.3, 0.4) is 0 Å². The van der Waals surface area contributed by atoms with Gasteiger partial charge in [0.2, 0.25) is 5.91 Å². The van der Waals surface area contributed by atoms with Crippen molar-refractivity contribution < 1.29 is 14.0 Å². The van der Waals surface area contributed by atoms with Gasteiger partial charge in [0.25, 0.3) is 5.91 Å². The highest BCUT2D eigenvalue weighted by Gasteiger charge is 2.45. The van der Waals surface area contributed by atoms with Crippen molar-refractivity contribution in [2.75, 3.05) is 16.9 Å². The SMILES string of the molecule is Cc1cccc(N2NCC3C(=O)NC(n4nc(C)cc4NC(=O)c4c(F)cccc4Cl)NC32)c1. The van der Waals surface area contributed by atoms with Crippen molar-refractivity contribution in [2.45, 2.75) is 26.3 Å². The van der Waals surface area contributed by atoms with Gasteiger partial charge in [-0.15, -0.1) is 0 Å². The zero-order chi connectivity index (χ0) is 24.0. The minimum atomic E-state index is -0.749. The van der Waals surface area contributed by atoms with Gasteiger partial charge in [-0.1, -0.05) is 29.8 Å². The molecule has 3 atom stereocenters. The largest absolute Gasteiger partial charge is 0.321 e. The van der Waals surface area contributed by atoms with Crippen molar-refractivity contribution in [1.82, 2.24) is 25.8 Å². The summed E-state index contributed by atoms with van der Waals surface area (Å²) in [7, 11) is 0. The molecule has 0 aliphatic carbocycles. The maximum absolute atomic E-state index is 14.2. The number of nitrogens with one attached hydrogen (secondary N) is 4. The number of benzene rings is 2. The molecule has 2 amide bonds. The van der Waals surface area contributed by atoms with E-state index in [9.17, 15) is 14.0 Å². The number of nitrogens with zero attached hydrogens (tertiary/aromatic N) is 3. The molecule has 2 fully saturated rings. The summed E-state index contributed by atoms with van der Waals surface area (Å²) >= 11 is 6.04. The van der Waals surface area contributed by atoms with E-state index in [1.54, 1.807) is 13.0 Å². The fourth-order valence-electron chi connectivity index (χ4n) is 4.32. The van der Waals surface area contributed by atoms with Gasteiger partial charge in [-0.05, 0) is 43.7 Å². The van der Waals surface area contributed by atoms with E-state index in [1.165, 1.54) is 22.9 Å². The van der Waals surface area contributed by atoms with E-state index in [-0.39, 0.29) is 34.4 Å². The molecule has 2 aliphatic rings. The van der Waals surface area contributed by atoms with Gasteiger partial charge in [0.15, 0.2) is 6.29 Å². The average Bonchev–Trinajstić information content (AvgIpc) is 3.37. The fourth-order valence-corrected chi connectivity index (χ4v) is 4.57.